The fraction of sp³-hybridized carbons (Fsp3) is 0. The van der Waals surface area contributed by atoms with Gasteiger partial charge in [-0.05, 0) is 11.6 Å². The van der Waals surface area contributed by atoms with E-state index in [1.807, 2.05) is 0 Å². The summed E-state index contributed by atoms with van der Waals surface area (Å²) in [7, 11) is 0. The lowest BCUT2D eigenvalue weighted by Crippen LogP contribution is -1.75. The van der Waals surface area contributed by atoms with Crippen LogP contribution in [0.5, 0.6) is 0 Å². The molecule has 1 aromatic heterocycles. The van der Waals surface area contributed by atoms with E-state index < -0.39 is 0 Å². The number of carbonyl (C=O) groups is 1. The second-order valence-corrected chi connectivity index (χ2v) is 1.47. The molecule has 0 unspecified atom stereocenters. The first kappa shape index (κ1) is 5.31. The van der Waals surface area contributed by atoms with Crippen molar-refractivity contribution in [3.8, 4) is 0 Å². The van der Waals surface area contributed by atoms with Crippen LogP contribution >= 0.6 is 11.6 Å². The molecule has 42 valence electrons. The van der Waals surface area contributed by atoms with Gasteiger partial charge in [-0.2, -0.15) is 0 Å². The minimum Gasteiger partial charge on any atom is -0.431 e. The number of hydrogen-bond donors (Lipinski definition) is 0. The van der Waals surface area contributed by atoms with Crippen LogP contribution in [0.15, 0.2) is 10.8 Å². The lowest BCUT2D eigenvalue weighted by Gasteiger charge is -1.72. The number of aldehydes is 1. The molecule has 0 saturated carbocycles. The molecule has 4 heteroatoms. The zero-order chi connectivity index (χ0) is 5.98. The average molecular weight is 132 g/mol. The highest BCUT2D eigenvalue weighted by Crippen LogP contribution is 2.09. The monoisotopic (exact) mass is 131 g/mol. The van der Waals surface area contributed by atoms with E-state index in [9.17, 15) is 4.79 Å². The molecule has 0 atom stereocenters. The summed E-state index contributed by atoms with van der Waals surface area (Å²) in [6.07, 6.45) is 1.65. The molecular weight excluding hydrogens is 130 g/mol. The van der Waals surface area contributed by atoms with Crippen molar-refractivity contribution in [2.24, 2.45) is 0 Å². The highest BCUT2D eigenvalue weighted by atomic mass is 35.5. The lowest BCUT2D eigenvalue weighted by molar-refractivity contribution is 0.111. The summed E-state index contributed by atoms with van der Waals surface area (Å²) in [6.45, 7) is 0. The van der Waals surface area contributed by atoms with E-state index in [2.05, 4.69) is 9.40 Å². The van der Waals surface area contributed by atoms with E-state index >= 15 is 0 Å². The molecule has 0 aromatic carbocycles. The number of carbonyl (C=O) groups excluding carboxylic acids is 1. The summed E-state index contributed by atoms with van der Waals surface area (Å²) in [6, 6.07) is 0. The van der Waals surface area contributed by atoms with Crippen LogP contribution in [0.3, 0.4) is 0 Å². The van der Waals surface area contributed by atoms with Crippen LogP contribution in [-0.2, 0) is 0 Å². The molecule has 8 heavy (non-hydrogen) atoms. The number of hydrogen-bond acceptors (Lipinski definition) is 3. The molecule has 1 rings (SSSR count). The third-order valence-electron chi connectivity index (χ3n) is 0.661. The maximum Gasteiger partial charge on any atom is 0.224 e. The normalized spacial score (nSPS) is 9.12. The van der Waals surface area contributed by atoms with E-state index in [4.69, 9.17) is 11.6 Å². The van der Waals surface area contributed by atoms with Crippen LogP contribution < -0.4 is 0 Å². The van der Waals surface area contributed by atoms with Crippen molar-refractivity contribution in [3.05, 3.63) is 17.3 Å². The number of rotatable bonds is 1. The van der Waals surface area contributed by atoms with Gasteiger partial charge >= 0.3 is 0 Å². The summed E-state index contributed by atoms with van der Waals surface area (Å²) in [5, 5.41) is 0.0417. The highest BCUT2D eigenvalue weighted by molar-refractivity contribution is 6.30. The maximum atomic E-state index is 9.88. The Morgan fingerprint density at radius 2 is 2.62 bits per heavy atom. The minimum absolute atomic E-state index is 0.0417. The molecule has 1 aromatic rings. The summed E-state index contributed by atoms with van der Waals surface area (Å²) in [4.78, 5) is 13.3. The summed E-state index contributed by atoms with van der Waals surface area (Å²) in [5.41, 5.74) is 0.145. The Bertz CT molecular complexity index is 196. The van der Waals surface area contributed by atoms with Gasteiger partial charge in [0.1, 0.15) is 0 Å². The van der Waals surface area contributed by atoms with Crippen LogP contribution in [0.1, 0.15) is 10.5 Å². The zero-order valence-electron chi connectivity index (χ0n) is 3.80. The molecule has 0 bridgehead atoms. The van der Waals surface area contributed by atoms with Crippen LogP contribution in [0.2, 0.25) is 5.22 Å². The van der Waals surface area contributed by atoms with Crippen LogP contribution in [-0.4, -0.2) is 11.3 Å². The van der Waals surface area contributed by atoms with Gasteiger partial charge < -0.3 is 4.42 Å². The van der Waals surface area contributed by atoms with Crippen LogP contribution in [0.25, 0.3) is 0 Å². The van der Waals surface area contributed by atoms with Gasteiger partial charge in [0, 0.05) is 0 Å². The molecule has 3 nitrogen and oxygen atoms in total. The van der Waals surface area contributed by atoms with Crippen molar-refractivity contribution in [3.63, 3.8) is 0 Å². The molecule has 0 aliphatic heterocycles. The fourth-order valence-corrected chi connectivity index (χ4v) is 0.450. The predicted octanol–water partition coefficient (Wildman–Crippen LogP) is 1.14. The molecule has 0 amide bonds. The van der Waals surface area contributed by atoms with E-state index in [0.29, 0.717) is 6.29 Å². The van der Waals surface area contributed by atoms with Crippen molar-refractivity contribution >= 4 is 17.9 Å². The van der Waals surface area contributed by atoms with Gasteiger partial charge in [0.25, 0.3) is 0 Å². The zero-order valence-corrected chi connectivity index (χ0v) is 4.55. The first-order chi connectivity index (χ1) is 3.84. The van der Waals surface area contributed by atoms with E-state index in [1.54, 1.807) is 0 Å². The van der Waals surface area contributed by atoms with E-state index in [0.717, 1.165) is 6.39 Å². The minimum atomic E-state index is 0.0417. The first-order valence-corrected chi connectivity index (χ1v) is 2.26. The molecule has 1 heterocycles. The van der Waals surface area contributed by atoms with E-state index in [-0.39, 0.29) is 10.9 Å². The Hall–Kier alpha value is -0.830. The van der Waals surface area contributed by atoms with Gasteiger partial charge in [0.2, 0.25) is 5.22 Å². The molecule has 0 N–H and O–H groups in total. The average Bonchev–Trinajstić information content (AvgIpc) is 2.14. The SMILES string of the molecule is O=Cc1ncoc1Cl. The van der Waals surface area contributed by atoms with Gasteiger partial charge in [-0.3, -0.25) is 4.79 Å². The topological polar surface area (TPSA) is 43.1 Å². The molecule has 0 fully saturated rings. The molecule has 0 spiro atoms. The molecule has 0 radical (unpaired) electrons. The number of oxazole rings is 1. The maximum absolute atomic E-state index is 9.88. The smallest absolute Gasteiger partial charge is 0.224 e. The third-order valence-corrected chi connectivity index (χ3v) is 0.944. The largest absolute Gasteiger partial charge is 0.431 e. The van der Waals surface area contributed by atoms with Gasteiger partial charge in [-0.25, -0.2) is 4.98 Å². The quantitative estimate of drug-likeness (QED) is 0.537. The fourth-order valence-electron chi connectivity index (χ4n) is 0.317. The van der Waals surface area contributed by atoms with Crippen molar-refractivity contribution in [1.29, 1.82) is 0 Å². The van der Waals surface area contributed by atoms with E-state index in [1.165, 1.54) is 0 Å². The molecule has 0 aliphatic rings. The summed E-state index contributed by atoms with van der Waals surface area (Å²) < 4.78 is 4.48. The Kier molecular flexibility index (Phi) is 1.30. The Morgan fingerprint density at radius 1 is 1.88 bits per heavy atom. The molecule has 0 saturated heterocycles. The highest BCUT2D eigenvalue weighted by Gasteiger charge is 2.00. The standard InChI is InChI=1S/C4H2ClNO2/c5-4-3(1-7)6-2-8-4/h1-2H. The Morgan fingerprint density at radius 3 is 2.88 bits per heavy atom. The van der Waals surface area contributed by atoms with Gasteiger partial charge in [-0.1, -0.05) is 0 Å². The Labute approximate surface area is 50.3 Å². The second kappa shape index (κ2) is 1.96. The first-order valence-electron chi connectivity index (χ1n) is 1.88. The van der Waals surface area contributed by atoms with Gasteiger partial charge in [0.15, 0.2) is 18.4 Å². The van der Waals surface area contributed by atoms with Gasteiger partial charge in [0.05, 0.1) is 0 Å². The summed E-state index contributed by atoms with van der Waals surface area (Å²) >= 11 is 5.28. The van der Waals surface area contributed by atoms with Crippen molar-refractivity contribution in [1.82, 2.24) is 4.98 Å². The lowest BCUT2D eigenvalue weighted by atomic mass is 10.6. The van der Waals surface area contributed by atoms with Crippen molar-refractivity contribution in [2.45, 2.75) is 0 Å². The van der Waals surface area contributed by atoms with Crippen molar-refractivity contribution in [2.75, 3.05) is 0 Å². The van der Waals surface area contributed by atoms with Crippen LogP contribution in [0.4, 0.5) is 0 Å². The van der Waals surface area contributed by atoms with Gasteiger partial charge in [-0.15, -0.1) is 0 Å². The molecular formula is C4H2ClNO2. The Balaban J connectivity index is 3.09. The second-order valence-electron chi connectivity index (χ2n) is 1.13. The third kappa shape index (κ3) is 0.721. The number of aromatic nitrogens is 1. The van der Waals surface area contributed by atoms with Crippen LogP contribution in [0, 0.1) is 0 Å². The predicted molar refractivity (Wildman–Crippen MR) is 26.9 cm³/mol. The summed E-state index contributed by atoms with van der Waals surface area (Å²) in [5.74, 6) is 0. The number of nitrogens with zero attached hydrogens (tertiary/aromatic N) is 1. The number of halogens is 1. The van der Waals surface area contributed by atoms with Crippen molar-refractivity contribution < 1.29 is 9.21 Å². The molecule has 0 aliphatic carbocycles.